The van der Waals surface area contributed by atoms with Crippen molar-refractivity contribution < 1.29 is 9.18 Å². The molecule has 1 aromatic heterocycles. The summed E-state index contributed by atoms with van der Waals surface area (Å²) in [7, 11) is 1.85. The molecule has 1 heterocycles. The van der Waals surface area contributed by atoms with Crippen LogP contribution in [-0.4, -0.2) is 10.5 Å². The smallest absolute Gasteiger partial charge is 0.221 e. The number of aryl methyl sites for hydroxylation is 1. The molecule has 0 aliphatic heterocycles. The van der Waals surface area contributed by atoms with Gasteiger partial charge in [-0.2, -0.15) is 0 Å². The van der Waals surface area contributed by atoms with E-state index in [9.17, 15) is 9.18 Å². The second-order valence-electron chi connectivity index (χ2n) is 3.57. The first-order chi connectivity index (χ1) is 7.08. The minimum absolute atomic E-state index is 0.140. The molecule has 0 aliphatic rings. The first kappa shape index (κ1) is 9.71. The van der Waals surface area contributed by atoms with E-state index in [1.165, 1.54) is 12.1 Å². The van der Waals surface area contributed by atoms with Crippen molar-refractivity contribution in [3.8, 4) is 0 Å². The highest BCUT2D eigenvalue weighted by atomic mass is 19.1. The third-order valence-corrected chi connectivity index (χ3v) is 2.40. The van der Waals surface area contributed by atoms with Gasteiger partial charge in [0.05, 0.1) is 6.42 Å². The summed E-state index contributed by atoms with van der Waals surface area (Å²) in [6.07, 6.45) is 1.94. The molecule has 1 aromatic carbocycles. The first-order valence-electron chi connectivity index (χ1n) is 4.59. The van der Waals surface area contributed by atoms with E-state index in [4.69, 9.17) is 5.73 Å². The number of aromatic nitrogens is 1. The van der Waals surface area contributed by atoms with E-state index in [1.54, 1.807) is 12.3 Å². The summed E-state index contributed by atoms with van der Waals surface area (Å²) >= 11 is 0. The maximum absolute atomic E-state index is 13.0. The maximum Gasteiger partial charge on any atom is 0.221 e. The number of nitrogens with zero attached hydrogens (tertiary/aromatic N) is 1. The van der Waals surface area contributed by atoms with Crippen molar-refractivity contribution in [3.63, 3.8) is 0 Å². The van der Waals surface area contributed by atoms with Crippen molar-refractivity contribution in [2.24, 2.45) is 12.8 Å². The van der Waals surface area contributed by atoms with E-state index in [1.807, 2.05) is 11.6 Å². The second-order valence-corrected chi connectivity index (χ2v) is 3.57. The topological polar surface area (TPSA) is 48.0 Å². The average Bonchev–Trinajstić information content (AvgIpc) is 2.42. The van der Waals surface area contributed by atoms with Crippen molar-refractivity contribution in [1.29, 1.82) is 0 Å². The number of benzene rings is 1. The Bertz CT molecular complexity index is 531. The Morgan fingerprint density at radius 1 is 1.53 bits per heavy atom. The standard InChI is InChI=1S/C11H11FN2O/c1-14-6-7(4-11(13)15)9-5-8(12)2-3-10(9)14/h2-3,5-6H,4H2,1H3,(H2,13,15). The van der Waals surface area contributed by atoms with Gasteiger partial charge in [0.15, 0.2) is 0 Å². The summed E-state index contributed by atoms with van der Waals surface area (Å²) in [5, 5.41) is 0.747. The van der Waals surface area contributed by atoms with Gasteiger partial charge < -0.3 is 10.3 Å². The SMILES string of the molecule is Cn1cc(CC(N)=O)c2cc(F)ccc21. The van der Waals surface area contributed by atoms with Crippen LogP contribution >= 0.6 is 0 Å². The molecule has 0 atom stereocenters. The van der Waals surface area contributed by atoms with Gasteiger partial charge in [0.1, 0.15) is 5.82 Å². The molecule has 0 saturated heterocycles. The van der Waals surface area contributed by atoms with E-state index in [-0.39, 0.29) is 12.2 Å². The normalized spacial score (nSPS) is 10.8. The highest BCUT2D eigenvalue weighted by molar-refractivity contribution is 5.88. The van der Waals surface area contributed by atoms with Crippen LogP contribution in [0.3, 0.4) is 0 Å². The van der Waals surface area contributed by atoms with E-state index in [0.29, 0.717) is 0 Å². The molecule has 0 aliphatic carbocycles. The summed E-state index contributed by atoms with van der Waals surface area (Å²) in [4.78, 5) is 10.8. The van der Waals surface area contributed by atoms with E-state index in [0.717, 1.165) is 16.5 Å². The molecule has 2 N–H and O–H groups in total. The lowest BCUT2D eigenvalue weighted by Crippen LogP contribution is -2.13. The molecule has 2 rings (SSSR count). The van der Waals surface area contributed by atoms with Crippen LogP contribution in [0.15, 0.2) is 24.4 Å². The van der Waals surface area contributed by atoms with Crippen LogP contribution in [0.25, 0.3) is 10.9 Å². The van der Waals surface area contributed by atoms with Gasteiger partial charge in [0, 0.05) is 24.1 Å². The summed E-state index contributed by atoms with van der Waals surface area (Å²) in [5.41, 5.74) is 6.78. The van der Waals surface area contributed by atoms with Gasteiger partial charge in [-0.3, -0.25) is 4.79 Å². The molecule has 15 heavy (non-hydrogen) atoms. The van der Waals surface area contributed by atoms with Gasteiger partial charge in [0.2, 0.25) is 5.91 Å². The Kier molecular flexibility index (Phi) is 2.19. The van der Waals surface area contributed by atoms with Crippen LogP contribution < -0.4 is 5.73 Å². The zero-order valence-electron chi connectivity index (χ0n) is 8.33. The molecule has 0 spiro atoms. The Balaban J connectivity index is 2.64. The lowest BCUT2D eigenvalue weighted by Gasteiger charge is -1.96. The number of carbonyl (C=O) groups excluding carboxylic acids is 1. The molecule has 3 nitrogen and oxygen atoms in total. The lowest BCUT2D eigenvalue weighted by molar-refractivity contribution is -0.117. The third kappa shape index (κ3) is 1.70. The number of hydrogen-bond donors (Lipinski definition) is 1. The van der Waals surface area contributed by atoms with Gasteiger partial charge in [-0.05, 0) is 23.8 Å². The molecule has 0 radical (unpaired) electrons. The van der Waals surface area contributed by atoms with Crippen molar-refractivity contribution in [2.75, 3.05) is 0 Å². The number of amides is 1. The van der Waals surface area contributed by atoms with Gasteiger partial charge in [0.25, 0.3) is 0 Å². The summed E-state index contributed by atoms with van der Waals surface area (Å²) < 4.78 is 14.9. The molecular formula is C11H11FN2O. The summed E-state index contributed by atoms with van der Waals surface area (Å²) in [5.74, 6) is -0.716. The Labute approximate surface area is 86.3 Å². The minimum atomic E-state index is -0.410. The third-order valence-electron chi connectivity index (χ3n) is 2.40. The molecule has 4 heteroatoms. The molecule has 2 aromatic rings. The van der Waals surface area contributed by atoms with Crippen LogP contribution in [0.2, 0.25) is 0 Å². The van der Waals surface area contributed by atoms with E-state index in [2.05, 4.69) is 0 Å². The minimum Gasteiger partial charge on any atom is -0.369 e. The predicted molar refractivity (Wildman–Crippen MR) is 55.8 cm³/mol. The molecule has 78 valence electrons. The van der Waals surface area contributed by atoms with Crippen LogP contribution in [0.1, 0.15) is 5.56 Å². The van der Waals surface area contributed by atoms with Crippen molar-refractivity contribution in [1.82, 2.24) is 4.57 Å². The van der Waals surface area contributed by atoms with Crippen LogP contribution in [0.5, 0.6) is 0 Å². The quantitative estimate of drug-likeness (QED) is 0.792. The molecule has 0 bridgehead atoms. The Hall–Kier alpha value is -1.84. The number of nitrogens with two attached hydrogens (primary N) is 1. The van der Waals surface area contributed by atoms with Crippen LogP contribution in [0, 0.1) is 5.82 Å². The van der Waals surface area contributed by atoms with E-state index >= 15 is 0 Å². The van der Waals surface area contributed by atoms with Gasteiger partial charge >= 0.3 is 0 Å². The highest BCUT2D eigenvalue weighted by Gasteiger charge is 2.09. The summed E-state index contributed by atoms with van der Waals surface area (Å²) in [6, 6.07) is 4.51. The average molecular weight is 206 g/mol. The predicted octanol–water partition coefficient (Wildman–Crippen LogP) is 1.35. The van der Waals surface area contributed by atoms with Gasteiger partial charge in [-0.1, -0.05) is 0 Å². The van der Waals surface area contributed by atoms with Crippen molar-refractivity contribution in [2.45, 2.75) is 6.42 Å². The largest absolute Gasteiger partial charge is 0.369 e. The number of primary amides is 1. The highest BCUT2D eigenvalue weighted by Crippen LogP contribution is 2.21. The monoisotopic (exact) mass is 206 g/mol. The van der Waals surface area contributed by atoms with Crippen molar-refractivity contribution >= 4 is 16.8 Å². The Morgan fingerprint density at radius 3 is 2.93 bits per heavy atom. The molecule has 1 amide bonds. The van der Waals surface area contributed by atoms with Gasteiger partial charge in [-0.25, -0.2) is 4.39 Å². The number of halogens is 1. The fourth-order valence-electron chi connectivity index (χ4n) is 1.77. The zero-order valence-corrected chi connectivity index (χ0v) is 8.33. The Morgan fingerprint density at radius 2 is 2.27 bits per heavy atom. The first-order valence-corrected chi connectivity index (χ1v) is 4.59. The second kappa shape index (κ2) is 3.38. The molecular weight excluding hydrogens is 195 g/mol. The summed E-state index contributed by atoms with van der Waals surface area (Å²) in [6.45, 7) is 0. The van der Waals surface area contributed by atoms with Crippen LogP contribution in [0.4, 0.5) is 4.39 Å². The van der Waals surface area contributed by atoms with Gasteiger partial charge in [-0.15, -0.1) is 0 Å². The molecule has 0 unspecified atom stereocenters. The number of hydrogen-bond acceptors (Lipinski definition) is 1. The lowest BCUT2D eigenvalue weighted by atomic mass is 10.1. The molecule has 0 saturated carbocycles. The number of rotatable bonds is 2. The zero-order chi connectivity index (χ0) is 11.0. The fourth-order valence-corrected chi connectivity index (χ4v) is 1.77. The fraction of sp³-hybridized carbons (Fsp3) is 0.182. The number of fused-ring (bicyclic) bond motifs is 1. The van der Waals surface area contributed by atoms with E-state index < -0.39 is 5.91 Å². The van der Waals surface area contributed by atoms with Crippen LogP contribution in [-0.2, 0) is 18.3 Å². The molecule has 0 fully saturated rings. The number of carbonyl (C=O) groups is 1. The maximum atomic E-state index is 13.0. The van der Waals surface area contributed by atoms with Crippen molar-refractivity contribution in [3.05, 3.63) is 35.8 Å².